The van der Waals surface area contributed by atoms with Gasteiger partial charge in [-0.05, 0) is 25.0 Å². The van der Waals surface area contributed by atoms with Gasteiger partial charge in [0.25, 0.3) is 0 Å². The van der Waals surface area contributed by atoms with Crippen LogP contribution in [0.4, 0.5) is 13.2 Å². The third kappa shape index (κ3) is 6.17. The maximum absolute atomic E-state index is 12.6. The molecule has 2 aliphatic heterocycles. The van der Waals surface area contributed by atoms with E-state index in [2.05, 4.69) is 4.98 Å². The SMILES string of the molecule is CCOCC(=O)N1CC2(C1)C(COCc1cccnc1)CCS2(=O)=O.O=C(O)C(F)(F)F. The highest BCUT2D eigenvalue weighted by molar-refractivity contribution is 7.93. The molecule has 2 fully saturated rings. The topological polar surface area (TPSA) is 123 Å². The lowest BCUT2D eigenvalue weighted by molar-refractivity contribution is -0.192. The summed E-state index contributed by atoms with van der Waals surface area (Å²) in [6, 6.07) is 3.76. The number of likely N-dealkylation sites (tertiary alicyclic amines) is 1. The van der Waals surface area contributed by atoms with Gasteiger partial charge in [0.05, 0.1) is 19.0 Å². The Morgan fingerprint density at radius 1 is 1.31 bits per heavy atom. The number of ether oxygens (including phenoxy) is 2. The van der Waals surface area contributed by atoms with Gasteiger partial charge in [-0.1, -0.05) is 6.07 Å². The molecule has 9 nitrogen and oxygen atoms in total. The molecule has 0 bridgehead atoms. The first-order valence-electron chi connectivity index (χ1n) is 9.77. The summed E-state index contributed by atoms with van der Waals surface area (Å²) >= 11 is 0. The van der Waals surface area contributed by atoms with E-state index in [1.165, 1.54) is 0 Å². The van der Waals surface area contributed by atoms with Crippen molar-refractivity contribution in [2.75, 3.05) is 38.7 Å². The minimum absolute atomic E-state index is 0.00873. The molecular weight excluding hydrogens is 457 g/mol. The van der Waals surface area contributed by atoms with Crippen molar-refractivity contribution in [2.45, 2.75) is 30.9 Å². The minimum Gasteiger partial charge on any atom is -0.475 e. The molecular formula is C19H25F3N2O7S. The van der Waals surface area contributed by atoms with Gasteiger partial charge < -0.3 is 19.5 Å². The molecule has 0 aliphatic carbocycles. The molecule has 13 heteroatoms. The molecule has 0 aromatic carbocycles. The number of carbonyl (C=O) groups is 2. The Morgan fingerprint density at radius 3 is 2.50 bits per heavy atom. The summed E-state index contributed by atoms with van der Waals surface area (Å²) in [6.07, 6.45) is -1.06. The molecule has 2 saturated heterocycles. The average molecular weight is 482 g/mol. The van der Waals surface area contributed by atoms with Gasteiger partial charge in [-0.25, -0.2) is 13.2 Å². The number of hydrogen-bond donors (Lipinski definition) is 1. The largest absolute Gasteiger partial charge is 0.490 e. The lowest BCUT2D eigenvalue weighted by Gasteiger charge is -2.49. The Kier molecular flexibility index (Phi) is 8.60. The maximum Gasteiger partial charge on any atom is 0.490 e. The summed E-state index contributed by atoms with van der Waals surface area (Å²) in [6.45, 7) is 3.59. The minimum atomic E-state index is -5.08. The van der Waals surface area contributed by atoms with Crippen LogP contribution in [0.25, 0.3) is 0 Å². The molecule has 1 N–H and O–H groups in total. The van der Waals surface area contributed by atoms with E-state index >= 15 is 0 Å². The van der Waals surface area contributed by atoms with Gasteiger partial charge in [0, 0.05) is 38.0 Å². The summed E-state index contributed by atoms with van der Waals surface area (Å²) in [7, 11) is -3.21. The standard InChI is InChI=1S/C17H24N2O5S.C2HF3O2/c1-2-23-11-16(20)19-12-17(13-19)15(5-7-25(17,21)22)10-24-9-14-4-3-6-18-8-14;3-2(4,5)1(6)7/h3-4,6,8,15H,2,5,7,9-13H2,1H3;(H,6,7). The Labute approximate surface area is 183 Å². The lowest BCUT2D eigenvalue weighted by Crippen LogP contribution is -2.69. The van der Waals surface area contributed by atoms with Crippen LogP contribution in [0.5, 0.6) is 0 Å². The third-order valence-electron chi connectivity index (χ3n) is 5.35. The first kappa shape index (κ1) is 26.0. The van der Waals surface area contributed by atoms with Crippen LogP contribution in [0.15, 0.2) is 24.5 Å². The van der Waals surface area contributed by atoms with Crippen LogP contribution in [-0.2, 0) is 35.5 Å². The number of alkyl halides is 3. The number of carbonyl (C=O) groups excluding carboxylic acids is 1. The lowest BCUT2D eigenvalue weighted by atomic mass is 9.83. The molecule has 180 valence electrons. The van der Waals surface area contributed by atoms with E-state index in [0.29, 0.717) is 26.2 Å². The highest BCUT2D eigenvalue weighted by Crippen LogP contribution is 2.44. The van der Waals surface area contributed by atoms with Crippen molar-refractivity contribution in [3.63, 3.8) is 0 Å². The number of nitrogens with zero attached hydrogens (tertiary/aromatic N) is 2. The average Bonchev–Trinajstić information content (AvgIpc) is 2.96. The molecule has 1 aromatic heterocycles. The molecule has 1 unspecified atom stereocenters. The van der Waals surface area contributed by atoms with Gasteiger partial charge in [-0.15, -0.1) is 0 Å². The zero-order valence-corrected chi connectivity index (χ0v) is 18.2. The van der Waals surface area contributed by atoms with Crippen molar-refractivity contribution in [3.05, 3.63) is 30.1 Å². The van der Waals surface area contributed by atoms with Gasteiger partial charge in [-0.2, -0.15) is 13.2 Å². The Balaban J connectivity index is 0.000000451. The number of sulfone groups is 1. The number of amides is 1. The van der Waals surface area contributed by atoms with Crippen molar-refractivity contribution in [1.82, 2.24) is 9.88 Å². The number of carboxylic acid groups (broad SMARTS) is 1. The van der Waals surface area contributed by atoms with E-state index in [4.69, 9.17) is 19.4 Å². The first-order valence-corrected chi connectivity index (χ1v) is 11.4. The van der Waals surface area contributed by atoms with Gasteiger partial charge in [-0.3, -0.25) is 9.78 Å². The fourth-order valence-electron chi connectivity index (χ4n) is 3.57. The van der Waals surface area contributed by atoms with Crippen LogP contribution in [0.2, 0.25) is 0 Å². The molecule has 1 aromatic rings. The molecule has 0 radical (unpaired) electrons. The summed E-state index contributed by atoms with van der Waals surface area (Å²) in [5.41, 5.74) is 0.958. The van der Waals surface area contributed by atoms with Crippen molar-refractivity contribution < 1.29 is 45.8 Å². The number of halogens is 3. The first-order chi connectivity index (χ1) is 14.9. The van der Waals surface area contributed by atoms with Crippen LogP contribution in [0, 0.1) is 5.92 Å². The van der Waals surface area contributed by atoms with E-state index in [-0.39, 0.29) is 37.3 Å². The molecule has 3 heterocycles. The quantitative estimate of drug-likeness (QED) is 0.617. The number of pyridine rings is 1. The monoisotopic (exact) mass is 482 g/mol. The van der Waals surface area contributed by atoms with Crippen molar-refractivity contribution in [1.29, 1.82) is 0 Å². The van der Waals surface area contributed by atoms with Crippen molar-refractivity contribution in [3.8, 4) is 0 Å². The highest BCUT2D eigenvalue weighted by atomic mass is 32.2. The Hall–Kier alpha value is -2.25. The maximum atomic E-state index is 12.6. The van der Waals surface area contributed by atoms with E-state index in [0.717, 1.165) is 5.56 Å². The normalized spacial score (nSPS) is 20.9. The number of carboxylic acids is 1. The van der Waals surface area contributed by atoms with E-state index in [1.54, 1.807) is 17.3 Å². The van der Waals surface area contributed by atoms with Crippen LogP contribution in [0.3, 0.4) is 0 Å². The number of rotatable bonds is 7. The molecule has 3 rings (SSSR count). The van der Waals surface area contributed by atoms with Gasteiger partial charge >= 0.3 is 12.1 Å². The van der Waals surface area contributed by atoms with E-state index < -0.39 is 26.7 Å². The predicted molar refractivity (Wildman–Crippen MR) is 105 cm³/mol. The van der Waals surface area contributed by atoms with Gasteiger partial charge in [0.1, 0.15) is 11.4 Å². The molecule has 1 amide bonds. The number of aromatic nitrogens is 1. The molecule has 2 aliphatic rings. The zero-order valence-electron chi connectivity index (χ0n) is 17.4. The zero-order chi connectivity index (χ0) is 24.0. The van der Waals surface area contributed by atoms with E-state index in [1.807, 2.05) is 19.1 Å². The molecule has 1 atom stereocenters. The smallest absolute Gasteiger partial charge is 0.475 e. The fourth-order valence-corrected chi connectivity index (χ4v) is 5.97. The predicted octanol–water partition coefficient (Wildman–Crippen LogP) is 1.28. The Morgan fingerprint density at radius 2 is 1.97 bits per heavy atom. The number of hydrogen-bond acceptors (Lipinski definition) is 7. The van der Waals surface area contributed by atoms with Crippen LogP contribution < -0.4 is 0 Å². The number of aliphatic carboxylic acids is 1. The summed E-state index contributed by atoms with van der Waals surface area (Å²) < 4.78 is 66.9. The van der Waals surface area contributed by atoms with Crippen LogP contribution in [0.1, 0.15) is 18.9 Å². The molecule has 0 saturated carbocycles. The second-order valence-electron chi connectivity index (χ2n) is 7.44. The van der Waals surface area contributed by atoms with Crippen LogP contribution >= 0.6 is 0 Å². The summed E-state index contributed by atoms with van der Waals surface area (Å²) in [5, 5.41) is 7.12. The molecule has 32 heavy (non-hydrogen) atoms. The Bertz CT molecular complexity index is 888. The van der Waals surface area contributed by atoms with Crippen molar-refractivity contribution >= 4 is 21.7 Å². The van der Waals surface area contributed by atoms with Crippen LogP contribution in [-0.4, -0.2) is 84.9 Å². The third-order valence-corrected chi connectivity index (χ3v) is 7.95. The fraction of sp³-hybridized carbons (Fsp3) is 0.632. The van der Waals surface area contributed by atoms with Crippen molar-refractivity contribution in [2.24, 2.45) is 5.92 Å². The van der Waals surface area contributed by atoms with Gasteiger partial charge in [0.15, 0.2) is 9.84 Å². The summed E-state index contributed by atoms with van der Waals surface area (Å²) in [4.78, 5) is 26.5. The van der Waals surface area contributed by atoms with E-state index in [9.17, 15) is 26.4 Å². The highest BCUT2D eigenvalue weighted by Gasteiger charge is 2.62. The summed E-state index contributed by atoms with van der Waals surface area (Å²) in [5.74, 6) is -2.82. The van der Waals surface area contributed by atoms with Gasteiger partial charge in [0.2, 0.25) is 5.91 Å². The molecule has 1 spiro atoms. The second kappa shape index (κ2) is 10.6. The second-order valence-corrected chi connectivity index (χ2v) is 9.89.